The van der Waals surface area contributed by atoms with Crippen molar-refractivity contribution in [3.63, 3.8) is 0 Å². The van der Waals surface area contributed by atoms with Crippen molar-refractivity contribution in [3.8, 4) is 0 Å². The highest BCUT2D eigenvalue weighted by Gasteiger charge is 2.38. The second-order valence-electron chi connectivity index (χ2n) is 6.84. The van der Waals surface area contributed by atoms with Crippen LogP contribution in [-0.4, -0.2) is 36.5 Å². The number of nitrogens with one attached hydrogen (secondary N) is 1. The molecule has 0 spiro atoms. The van der Waals surface area contributed by atoms with Crippen molar-refractivity contribution in [2.75, 3.05) is 19.6 Å². The van der Waals surface area contributed by atoms with Gasteiger partial charge < -0.3 is 10.2 Å². The molecule has 1 aliphatic rings. The molecular weight excluding hydrogens is 434 g/mol. The molecule has 0 aromatic heterocycles. The van der Waals surface area contributed by atoms with Gasteiger partial charge in [0.1, 0.15) is 0 Å². The number of nitrogens with zero attached hydrogens (tertiary/aromatic N) is 1. The second-order valence-corrected chi connectivity index (χ2v) is 6.84. The number of alkyl halides is 6. The molecule has 0 radical (unpaired) electrons. The van der Waals surface area contributed by atoms with Crippen molar-refractivity contribution < 1.29 is 31.1 Å². The molecule has 1 N–H and O–H groups in total. The van der Waals surface area contributed by atoms with Crippen LogP contribution in [0, 0.1) is 0 Å². The van der Waals surface area contributed by atoms with Crippen LogP contribution in [0.15, 0.2) is 48.5 Å². The molecule has 0 aliphatic carbocycles. The average molecular weight is 453 g/mol. The Balaban J connectivity index is 0.00000320. The van der Waals surface area contributed by atoms with Gasteiger partial charge in [-0.15, -0.1) is 12.4 Å². The fraction of sp³-hybridized carbons (Fsp3) is 0.350. The first-order chi connectivity index (χ1) is 13.6. The summed E-state index contributed by atoms with van der Waals surface area (Å²) in [6.45, 7) is 0.988. The van der Waals surface area contributed by atoms with Gasteiger partial charge >= 0.3 is 12.4 Å². The SMILES string of the molecule is Cl.O=C(c1cc(C(F)(F)F)cc(C(F)(F)F)c1)N1CCNC[C@H]1Cc1ccccc1. The zero-order chi connectivity index (χ0) is 21.2. The smallest absolute Gasteiger partial charge is 0.333 e. The van der Waals surface area contributed by atoms with Crippen molar-refractivity contribution in [3.05, 3.63) is 70.8 Å². The number of amides is 1. The molecule has 3 nitrogen and oxygen atoms in total. The van der Waals surface area contributed by atoms with Crippen molar-refractivity contribution >= 4 is 18.3 Å². The van der Waals surface area contributed by atoms with E-state index in [9.17, 15) is 31.1 Å². The van der Waals surface area contributed by atoms with Crippen LogP contribution in [0.4, 0.5) is 26.3 Å². The minimum Gasteiger partial charge on any atom is -0.333 e. The third kappa shape index (κ3) is 5.66. The summed E-state index contributed by atoms with van der Waals surface area (Å²) < 4.78 is 78.6. The maximum absolute atomic E-state index is 13.1. The van der Waals surface area contributed by atoms with Gasteiger partial charge in [0.2, 0.25) is 0 Å². The zero-order valence-electron chi connectivity index (χ0n) is 15.6. The summed E-state index contributed by atoms with van der Waals surface area (Å²) in [5, 5.41) is 3.11. The Morgan fingerprint density at radius 3 is 2.07 bits per heavy atom. The van der Waals surface area contributed by atoms with E-state index in [2.05, 4.69) is 5.32 Å². The van der Waals surface area contributed by atoms with Gasteiger partial charge in [-0.25, -0.2) is 0 Å². The Morgan fingerprint density at radius 1 is 0.967 bits per heavy atom. The van der Waals surface area contributed by atoms with Crippen molar-refractivity contribution in [2.45, 2.75) is 24.8 Å². The van der Waals surface area contributed by atoms with Gasteiger partial charge in [-0.2, -0.15) is 26.3 Å². The predicted molar refractivity (Wildman–Crippen MR) is 102 cm³/mol. The fourth-order valence-electron chi connectivity index (χ4n) is 3.34. The molecule has 2 aromatic carbocycles. The first-order valence-electron chi connectivity index (χ1n) is 8.91. The molecule has 10 heteroatoms. The van der Waals surface area contributed by atoms with Crippen molar-refractivity contribution in [1.29, 1.82) is 0 Å². The van der Waals surface area contributed by atoms with Gasteiger partial charge in [0.25, 0.3) is 5.91 Å². The standard InChI is InChI=1S/C20H18F6N2O.ClH/c21-19(22,23)15-9-14(10-16(11-15)20(24,25)26)18(29)28-7-6-27-12-17(28)8-13-4-2-1-3-5-13;/h1-5,9-11,17,27H,6-8,12H2;1H/t17-;/m1./s1. The number of halogens is 7. The lowest BCUT2D eigenvalue weighted by molar-refractivity contribution is -0.143. The van der Waals surface area contributed by atoms with Crippen LogP contribution < -0.4 is 5.32 Å². The number of rotatable bonds is 3. The van der Waals surface area contributed by atoms with Gasteiger partial charge in [0, 0.05) is 31.2 Å². The molecule has 164 valence electrons. The van der Waals surface area contributed by atoms with E-state index in [0.717, 1.165) is 5.56 Å². The lowest BCUT2D eigenvalue weighted by atomic mass is 10.00. The Labute approximate surface area is 175 Å². The number of hydrogen-bond acceptors (Lipinski definition) is 2. The Kier molecular flexibility index (Phi) is 7.41. The summed E-state index contributed by atoms with van der Waals surface area (Å²) in [4.78, 5) is 14.3. The van der Waals surface area contributed by atoms with E-state index in [1.807, 2.05) is 30.3 Å². The highest BCUT2D eigenvalue weighted by Crippen LogP contribution is 2.36. The largest absolute Gasteiger partial charge is 0.416 e. The Morgan fingerprint density at radius 2 is 1.53 bits per heavy atom. The molecule has 0 saturated carbocycles. The topological polar surface area (TPSA) is 32.3 Å². The quantitative estimate of drug-likeness (QED) is 0.678. The highest BCUT2D eigenvalue weighted by atomic mass is 35.5. The van der Waals surface area contributed by atoms with E-state index in [0.29, 0.717) is 31.6 Å². The second kappa shape index (κ2) is 9.26. The van der Waals surface area contributed by atoms with Crippen molar-refractivity contribution in [1.82, 2.24) is 10.2 Å². The molecule has 0 bridgehead atoms. The first kappa shape index (κ1) is 24.0. The van der Waals surface area contributed by atoms with E-state index in [1.165, 1.54) is 4.90 Å². The monoisotopic (exact) mass is 452 g/mol. The summed E-state index contributed by atoms with van der Waals surface area (Å²) in [7, 11) is 0. The molecule has 1 fully saturated rings. The first-order valence-corrected chi connectivity index (χ1v) is 8.91. The molecule has 1 amide bonds. The van der Waals surface area contributed by atoms with Gasteiger partial charge in [0.15, 0.2) is 0 Å². The summed E-state index contributed by atoms with van der Waals surface area (Å²) >= 11 is 0. The fourth-order valence-corrected chi connectivity index (χ4v) is 3.34. The summed E-state index contributed by atoms with van der Waals surface area (Å²) in [5.74, 6) is -0.843. The molecule has 0 unspecified atom stereocenters. The zero-order valence-corrected chi connectivity index (χ0v) is 16.4. The molecule has 3 rings (SSSR count). The minimum atomic E-state index is -5.00. The van der Waals surface area contributed by atoms with Crippen LogP contribution >= 0.6 is 12.4 Å². The van der Waals surface area contributed by atoms with E-state index in [-0.39, 0.29) is 31.1 Å². The number of piperazine rings is 1. The molecule has 1 heterocycles. The van der Waals surface area contributed by atoms with E-state index >= 15 is 0 Å². The number of carbonyl (C=O) groups excluding carboxylic acids is 1. The molecule has 1 atom stereocenters. The van der Waals surface area contributed by atoms with Gasteiger partial charge in [-0.3, -0.25) is 4.79 Å². The molecular formula is C20H19ClF6N2O. The third-order valence-corrected chi connectivity index (χ3v) is 4.76. The predicted octanol–water partition coefficient (Wildman–Crippen LogP) is 4.80. The van der Waals surface area contributed by atoms with Crippen LogP contribution in [0.1, 0.15) is 27.0 Å². The highest BCUT2D eigenvalue weighted by molar-refractivity contribution is 5.95. The van der Waals surface area contributed by atoms with Gasteiger partial charge in [0.05, 0.1) is 11.1 Å². The van der Waals surface area contributed by atoms with Gasteiger partial charge in [-0.05, 0) is 30.2 Å². The maximum Gasteiger partial charge on any atom is 0.416 e. The van der Waals surface area contributed by atoms with Crippen molar-refractivity contribution in [2.24, 2.45) is 0 Å². The number of carbonyl (C=O) groups is 1. The average Bonchev–Trinajstić information content (AvgIpc) is 2.67. The molecule has 2 aromatic rings. The summed E-state index contributed by atoms with van der Waals surface area (Å²) in [6, 6.07) is 9.77. The summed E-state index contributed by atoms with van der Waals surface area (Å²) in [6.07, 6.45) is -9.56. The number of benzene rings is 2. The Hall–Kier alpha value is -2.26. The third-order valence-electron chi connectivity index (χ3n) is 4.76. The van der Waals surface area contributed by atoms with Crippen LogP contribution in [0.3, 0.4) is 0 Å². The van der Waals surface area contributed by atoms with Crippen LogP contribution in [0.2, 0.25) is 0 Å². The minimum absolute atomic E-state index is 0. The normalized spacial score (nSPS) is 17.4. The molecule has 1 saturated heterocycles. The van der Waals surface area contributed by atoms with E-state index in [1.54, 1.807) is 0 Å². The Bertz CT molecular complexity index is 838. The lowest BCUT2D eigenvalue weighted by Crippen LogP contribution is -2.54. The molecule has 1 aliphatic heterocycles. The van der Waals surface area contributed by atoms with Crippen LogP contribution in [0.5, 0.6) is 0 Å². The molecule has 30 heavy (non-hydrogen) atoms. The lowest BCUT2D eigenvalue weighted by Gasteiger charge is -2.36. The van der Waals surface area contributed by atoms with Crippen LogP contribution in [-0.2, 0) is 18.8 Å². The van der Waals surface area contributed by atoms with Gasteiger partial charge in [-0.1, -0.05) is 30.3 Å². The van der Waals surface area contributed by atoms with E-state index in [4.69, 9.17) is 0 Å². The maximum atomic E-state index is 13.1. The van der Waals surface area contributed by atoms with Crippen LogP contribution in [0.25, 0.3) is 0 Å². The summed E-state index contributed by atoms with van der Waals surface area (Å²) in [5.41, 5.74) is -2.69. The van der Waals surface area contributed by atoms with E-state index < -0.39 is 35.0 Å². The number of hydrogen-bond donors (Lipinski definition) is 1.